The second-order valence-corrected chi connectivity index (χ2v) is 7.71. The van der Waals surface area contributed by atoms with Gasteiger partial charge in [0, 0.05) is 6.42 Å². The van der Waals surface area contributed by atoms with Crippen LogP contribution in [-0.2, 0) is 4.74 Å². The van der Waals surface area contributed by atoms with Crippen molar-refractivity contribution in [2.24, 2.45) is 0 Å². The van der Waals surface area contributed by atoms with E-state index in [9.17, 15) is 18.0 Å². The predicted molar refractivity (Wildman–Crippen MR) is 105 cm³/mol. The van der Waals surface area contributed by atoms with Gasteiger partial charge in [0.05, 0.1) is 11.7 Å². The lowest BCUT2D eigenvalue weighted by Crippen LogP contribution is -2.46. The van der Waals surface area contributed by atoms with E-state index in [1.165, 1.54) is 12.1 Å². The molecule has 0 N–H and O–H groups in total. The number of rotatable bonds is 6. The molecule has 2 heterocycles. The minimum absolute atomic E-state index is 0.0225. The van der Waals surface area contributed by atoms with E-state index < -0.39 is 23.7 Å². The molecule has 2 aliphatic heterocycles. The minimum atomic E-state index is -4.92. The number of carbonyl (C=O) groups excluding carboxylic acids is 1. The monoisotopic (exact) mass is 434 g/mol. The second kappa shape index (κ2) is 7.92. The number of fused-ring (bicyclic) bond motifs is 2. The summed E-state index contributed by atoms with van der Waals surface area (Å²) in [6, 6.07) is 11.8. The molecule has 2 aromatic rings. The molecule has 0 aliphatic carbocycles. The Balaban J connectivity index is 1.67. The Labute approximate surface area is 177 Å². The van der Waals surface area contributed by atoms with Gasteiger partial charge >= 0.3 is 12.3 Å². The van der Waals surface area contributed by atoms with Gasteiger partial charge in [0.25, 0.3) is 0 Å². The summed E-state index contributed by atoms with van der Waals surface area (Å²) in [4.78, 5) is 12.6. The zero-order valence-electron chi connectivity index (χ0n) is 16.8. The summed E-state index contributed by atoms with van der Waals surface area (Å²) in [7, 11) is 0. The smallest absolute Gasteiger partial charge is 0.476 e. The number of alkyl halides is 3. The highest BCUT2D eigenvalue weighted by molar-refractivity contribution is 5.91. The Bertz CT molecular complexity index is 988. The molecule has 0 amide bonds. The fraction of sp³-hybridized carbons (Fsp3) is 0.348. The Morgan fingerprint density at radius 3 is 2.45 bits per heavy atom. The summed E-state index contributed by atoms with van der Waals surface area (Å²) in [5.74, 6) is -1.19. The molecule has 3 unspecified atom stereocenters. The van der Waals surface area contributed by atoms with Crippen LogP contribution in [0.1, 0.15) is 36.5 Å². The maximum atomic E-state index is 13.0. The molecule has 164 valence electrons. The third-order valence-corrected chi connectivity index (χ3v) is 5.53. The summed E-state index contributed by atoms with van der Waals surface area (Å²) in [5.41, 5.74) is -0.335. The lowest BCUT2D eigenvalue weighted by Gasteiger charge is -2.37. The first-order valence-corrected chi connectivity index (χ1v) is 9.84. The number of halogens is 3. The largest absolute Gasteiger partial charge is 0.573 e. The summed E-state index contributed by atoms with van der Waals surface area (Å²) in [6.45, 7) is 5.73. The molecule has 2 aromatic carbocycles. The molecule has 0 saturated carbocycles. The van der Waals surface area contributed by atoms with E-state index >= 15 is 0 Å². The first kappa shape index (κ1) is 21.2. The van der Waals surface area contributed by atoms with Crippen LogP contribution in [0.5, 0.6) is 17.2 Å². The van der Waals surface area contributed by atoms with Crippen LogP contribution in [0.25, 0.3) is 0 Å². The van der Waals surface area contributed by atoms with Crippen molar-refractivity contribution < 1.29 is 36.9 Å². The van der Waals surface area contributed by atoms with E-state index in [1.54, 1.807) is 37.3 Å². The van der Waals surface area contributed by atoms with Crippen LogP contribution in [0.2, 0.25) is 0 Å². The van der Waals surface area contributed by atoms with E-state index in [-0.39, 0.29) is 23.5 Å². The zero-order valence-corrected chi connectivity index (χ0v) is 16.8. The number of hydrogen-bond acceptors (Lipinski definition) is 5. The molecule has 2 aliphatic rings. The van der Waals surface area contributed by atoms with Crippen LogP contribution in [0.3, 0.4) is 0 Å². The van der Waals surface area contributed by atoms with Gasteiger partial charge in [0.2, 0.25) is 0 Å². The Kier molecular flexibility index (Phi) is 5.43. The van der Waals surface area contributed by atoms with Gasteiger partial charge in [-0.3, -0.25) is 0 Å². The van der Waals surface area contributed by atoms with Crippen molar-refractivity contribution in [3.8, 4) is 17.2 Å². The van der Waals surface area contributed by atoms with Gasteiger partial charge in [0.1, 0.15) is 11.9 Å². The normalized spacial score (nSPS) is 24.6. The first-order chi connectivity index (χ1) is 14.7. The molecule has 2 fully saturated rings. The maximum absolute atomic E-state index is 13.0. The third-order valence-electron chi connectivity index (χ3n) is 5.53. The summed E-state index contributed by atoms with van der Waals surface area (Å²) in [6.07, 6.45) is -3.25. The first-order valence-electron chi connectivity index (χ1n) is 9.84. The molecule has 0 aromatic heterocycles. The van der Waals surface area contributed by atoms with Crippen molar-refractivity contribution in [2.75, 3.05) is 0 Å². The average Bonchev–Trinajstić information content (AvgIpc) is 3.31. The van der Waals surface area contributed by atoms with Gasteiger partial charge in [-0.2, -0.15) is 0 Å². The van der Waals surface area contributed by atoms with Crippen LogP contribution >= 0.6 is 0 Å². The van der Waals surface area contributed by atoms with Crippen molar-refractivity contribution in [1.82, 2.24) is 0 Å². The van der Waals surface area contributed by atoms with Crippen molar-refractivity contribution in [1.29, 1.82) is 0 Å². The molecule has 2 saturated heterocycles. The molecule has 0 radical (unpaired) electrons. The molecule has 8 heteroatoms. The summed E-state index contributed by atoms with van der Waals surface area (Å²) < 4.78 is 60.4. The van der Waals surface area contributed by atoms with E-state index in [4.69, 9.17) is 14.2 Å². The quantitative estimate of drug-likeness (QED) is 0.344. The number of hydrogen-bond donors (Lipinski definition) is 0. The van der Waals surface area contributed by atoms with E-state index in [0.717, 1.165) is 12.5 Å². The van der Waals surface area contributed by atoms with E-state index in [1.807, 2.05) is 0 Å². The number of benzene rings is 2. The highest BCUT2D eigenvalue weighted by Crippen LogP contribution is 2.49. The lowest BCUT2D eigenvalue weighted by molar-refractivity contribution is -0.275. The Morgan fingerprint density at radius 2 is 1.87 bits per heavy atom. The van der Waals surface area contributed by atoms with Gasteiger partial charge in [-0.15, -0.1) is 13.2 Å². The van der Waals surface area contributed by atoms with Gasteiger partial charge in [-0.1, -0.05) is 24.8 Å². The van der Waals surface area contributed by atoms with Crippen LogP contribution in [-0.4, -0.2) is 30.1 Å². The Hall–Kier alpha value is -3.00. The van der Waals surface area contributed by atoms with Crippen LogP contribution in [0.4, 0.5) is 13.2 Å². The maximum Gasteiger partial charge on any atom is 0.573 e. The van der Waals surface area contributed by atoms with Gasteiger partial charge in [-0.25, -0.2) is 4.79 Å². The minimum Gasteiger partial charge on any atom is -0.476 e. The number of para-hydroxylation sites is 1. The SMILES string of the molecule is C=C(C)C1(Oc2cc(C(=O)Oc3ccccc3)ccc2OC(F)(F)F)CC2CCC1O2. The summed E-state index contributed by atoms with van der Waals surface area (Å²) >= 11 is 0. The molecule has 3 atom stereocenters. The second-order valence-electron chi connectivity index (χ2n) is 7.71. The third kappa shape index (κ3) is 4.39. The fourth-order valence-corrected chi connectivity index (χ4v) is 4.09. The van der Waals surface area contributed by atoms with Crippen LogP contribution < -0.4 is 14.2 Å². The van der Waals surface area contributed by atoms with Crippen molar-refractivity contribution in [3.63, 3.8) is 0 Å². The molecule has 2 bridgehead atoms. The molecule has 5 nitrogen and oxygen atoms in total. The molecule has 31 heavy (non-hydrogen) atoms. The van der Waals surface area contributed by atoms with Crippen molar-refractivity contribution in [3.05, 3.63) is 66.2 Å². The van der Waals surface area contributed by atoms with Gasteiger partial charge < -0.3 is 18.9 Å². The zero-order chi connectivity index (χ0) is 22.2. The van der Waals surface area contributed by atoms with Gasteiger partial charge in [-0.05, 0) is 55.7 Å². The molecule has 4 rings (SSSR count). The standard InChI is InChI=1S/C23H21F3O5/c1-14(2)22(13-17-9-11-20(22)28-17)30-19-12-15(8-10-18(19)31-23(24,25)26)21(27)29-16-6-4-3-5-7-16/h3-8,10,12,17,20H,1,9,11,13H2,2H3. The molecule has 0 spiro atoms. The Morgan fingerprint density at radius 1 is 1.13 bits per heavy atom. The van der Waals surface area contributed by atoms with Crippen LogP contribution in [0.15, 0.2) is 60.7 Å². The number of ether oxygens (including phenoxy) is 4. The average molecular weight is 434 g/mol. The topological polar surface area (TPSA) is 54.0 Å². The van der Waals surface area contributed by atoms with Crippen LogP contribution in [0, 0.1) is 0 Å². The molecular formula is C23H21F3O5. The van der Waals surface area contributed by atoms with E-state index in [0.29, 0.717) is 24.2 Å². The highest BCUT2D eigenvalue weighted by Gasteiger charge is 2.55. The number of carbonyl (C=O) groups is 1. The molecular weight excluding hydrogens is 413 g/mol. The van der Waals surface area contributed by atoms with E-state index in [2.05, 4.69) is 11.3 Å². The summed E-state index contributed by atoms with van der Waals surface area (Å²) in [5, 5.41) is 0. The van der Waals surface area contributed by atoms with Crippen molar-refractivity contribution >= 4 is 5.97 Å². The van der Waals surface area contributed by atoms with Crippen molar-refractivity contribution in [2.45, 2.75) is 50.4 Å². The predicted octanol–water partition coefficient (Wildman–Crippen LogP) is 5.45. The fourth-order valence-electron chi connectivity index (χ4n) is 4.09. The van der Waals surface area contributed by atoms with Gasteiger partial charge in [0.15, 0.2) is 17.1 Å². The highest BCUT2D eigenvalue weighted by atomic mass is 19.4. The lowest BCUT2D eigenvalue weighted by atomic mass is 9.80. The number of esters is 1.